The zero-order valence-corrected chi connectivity index (χ0v) is 20.2. The number of hydrogen-bond acceptors (Lipinski definition) is 2. The van der Waals surface area contributed by atoms with Crippen LogP contribution in [0.5, 0.6) is 0 Å². The van der Waals surface area contributed by atoms with Gasteiger partial charge in [-0.15, -0.1) is 0 Å². The van der Waals surface area contributed by atoms with Crippen LogP contribution in [0, 0.1) is 11.8 Å². The average molecular weight is 441 g/mol. The second-order valence-corrected chi connectivity index (χ2v) is 10.5. The largest absolute Gasteiger partial charge is 0.376 e. The van der Waals surface area contributed by atoms with E-state index in [9.17, 15) is 0 Å². The average Bonchev–Trinajstić information content (AvgIpc) is 3.15. The Hall–Kier alpha value is -1.59. The summed E-state index contributed by atoms with van der Waals surface area (Å²) < 4.78 is 2.58. The fourth-order valence-electron chi connectivity index (χ4n) is 5.93. The van der Waals surface area contributed by atoms with Gasteiger partial charge in [-0.2, -0.15) is 0 Å². The monoisotopic (exact) mass is 440 g/mol. The normalized spacial score (nSPS) is 23.5. The Bertz CT molecular complexity index is 857. The maximum Gasteiger partial charge on any atom is 0.163 e. The molecule has 5 heteroatoms. The Morgan fingerprint density at radius 2 is 1.77 bits per heavy atom. The van der Waals surface area contributed by atoms with Gasteiger partial charge in [0.2, 0.25) is 0 Å². The van der Waals surface area contributed by atoms with Crippen LogP contribution in [0.4, 0.5) is 0 Å². The molecule has 0 unspecified atom stereocenters. The molecule has 0 amide bonds. The van der Waals surface area contributed by atoms with Gasteiger partial charge in [-0.1, -0.05) is 32.0 Å². The number of rotatable bonds is 7. The molecule has 0 atom stereocenters. The maximum atomic E-state index is 5.56. The molecule has 2 aliphatic rings. The van der Waals surface area contributed by atoms with Gasteiger partial charge >= 0.3 is 0 Å². The minimum absolute atomic E-state index is 0.395. The van der Waals surface area contributed by atoms with Crippen LogP contribution in [-0.2, 0) is 6.42 Å². The first kappa shape index (κ1) is 22.6. The lowest BCUT2D eigenvalue weighted by molar-refractivity contribution is 0.0894. The van der Waals surface area contributed by atoms with Gasteiger partial charge in [-0.25, -0.2) is 0 Å². The van der Waals surface area contributed by atoms with E-state index in [1.165, 1.54) is 68.1 Å². The molecule has 0 spiro atoms. The van der Waals surface area contributed by atoms with Gasteiger partial charge in [0, 0.05) is 48.8 Å². The molecule has 1 aliphatic heterocycles. The van der Waals surface area contributed by atoms with Gasteiger partial charge in [0.25, 0.3) is 0 Å². The maximum absolute atomic E-state index is 5.56. The van der Waals surface area contributed by atoms with E-state index in [1.54, 1.807) is 0 Å². The fraction of sp³-hybridized carbons (Fsp3) is 0.654. The van der Waals surface area contributed by atoms with Crippen LogP contribution in [0.2, 0.25) is 0 Å². The molecule has 2 aromatic rings. The van der Waals surface area contributed by atoms with Crippen LogP contribution < -0.4 is 11.1 Å². The Morgan fingerprint density at radius 3 is 2.45 bits per heavy atom. The number of para-hydroxylation sites is 1. The zero-order chi connectivity index (χ0) is 21.8. The summed E-state index contributed by atoms with van der Waals surface area (Å²) in [6, 6.07) is 10.4. The third kappa shape index (κ3) is 5.43. The number of fused-ring (bicyclic) bond motifs is 1. The van der Waals surface area contributed by atoms with Crippen molar-refractivity contribution >= 4 is 28.2 Å². The number of nitrogens with zero attached hydrogens (tertiary/aromatic N) is 2. The summed E-state index contributed by atoms with van der Waals surface area (Å²) in [5.74, 6) is 1.81. The highest BCUT2D eigenvalue weighted by atomic mass is 32.1. The molecule has 2 fully saturated rings. The highest BCUT2D eigenvalue weighted by molar-refractivity contribution is 7.80. The van der Waals surface area contributed by atoms with Gasteiger partial charge in [-0.3, -0.25) is 0 Å². The molecule has 1 saturated carbocycles. The van der Waals surface area contributed by atoms with Gasteiger partial charge in [0.15, 0.2) is 5.11 Å². The Balaban J connectivity index is 1.37. The third-order valence-electron chi connectivity index (χ3n) is 7.84. The topological polar surface area (TPSA) is 46.2 Å². The number of piperidine rings is 1. The van der Waals surface area contributed by atoms with Gasteiger partial charge in [-0.05, 0) is 87.1 Å². The predicted molar refractivity (Wildman–Crippen MR) is 135 cm³/mol. The van der Waals surface area contributed by atoms with E-state index < -0.39 is 0 Å². The summed E-state index contributed by atoms with van der Waals surface area (Å²) in [6.45, 7) is 8.14. The lowest BCUT2D eigenvalue weighted by Crippen LogP contribution is -2.43. The number of aromatic nitrogens is 1. The zero-order valence-electron chi connectivity index (χ0n) is 19.4. The molecular weight excluding hydrogens is 400 g/mol. The number of hydrogen-bond donors (Lipinski definition) is 2. The molecule has 0 bridgehead atoms. The number of nitrogens with two attached hydrogens (primary N) is 1. The molecule has 4 nitrogen and oxygen atoms in total. The third-order valence-corrected chi connectivity index (χ3v) is 7.98. The highest BCUT2D eigenvalue weighted by Gasteiger charge is 2.30. The fourth-order valence-corrected chi connectivity index (χ4v) is 6.03. The van der Waals surface area contributed by atoms with Crippen LogP contribution in [0.3, 0.4) is 0 Å². The summed E-state index contributed by atoms with van der Waals surface area (Å²) in [6.07, 6.45) is 12.7. The lowest BCUT2D eigenvalue weighted by Gasteiger charge is -2.42. The van der Waals surface area contributed by atoms with Crippen LogP contribution in [0.15, 0.2) is 30.5 Å². The Kier molecular flexibility index (Phi) is 7.55. The van der Waals surface area contributed by atoms with Crippen molar-refractivity contribution in [2.24, 2.45) is 17.6 Å². The van der Waals surface area contributed by atoms with Crippen LogP contribution >= 0.6 is 12.2 Å². The van der Waals surface area contributed by atoms with Gasteiger partial charge in [0.1, 0.15) is 0 Å². The van der Waals surface area contributed by atoms with E-state index in [2.05, 4.69) is 59.1 Å². The minimum Gasteiger partial charge on any atom is -0.376 e. The molecule has 3 N–H and O–H groups in total. The second-order valence-electron chi connectivity index (χ2n) is 10.1. The molecule has 1 aromatic heterocycles. The van der Waals surface area contributed by atoms with Crippen molar-refractivity contribution < 1.29 is 0 Å². The summed E-state index contributed by atoms with van der Waals surface area (Å²) in [7, 11) is 0. The first-order chi connectivity index (χ1) is 15.0. The quantitative estimate of drug-likeness (QED) is 0.455. The van der Waals surface area contributed by atoms with Crippen molar-refractivity contribution in [1.29, 1.82) is 0 Å². The van der Waals surface area contributed by atoms with Crippen molar-refractivity contribution in [2.45, 2.75) is 77.3 Å². The summed E-state index contributed by atoms with van der Waals surface area (Å²) in [5, 5.41) is 4.88. The van der Waals surface area contributed by atoms with Gasteiger partial charge in [0.05, 0.1) is 0 Å². The van der Waals surface area contributed by atoms with E-state index >= 15 is 0 Å². The van der Waals surface area contributed by atoms with E-state index in [1.807, 2.05) is 0 Å². The van der Waals surface area contributed by atoms with Crippen molar-refractivity contribution in [1.82, 2.24) is 14.8 Å². The molecule has 170 valence electrons. The molecule has 1 aromatic carbocycles. The Morgan fingerprint density at radius 1 is 1.06 bits per heavy atom. The first-order valence-corrected chi connectivity index (χ1v) is 12.8. The molecule has 1 aliphatic carbocycles. The van der Waals surface area contributed by atoms with Crippen LogP contribution in [0.1, 0.15) is 70.4 Å². The van der Waals surface area contributed by atoms with Gasteiger partial charge < -0.3 is 20.5 Å². The minimum atomic E-state index is 0.395. The van der Waals surface area contributed by atoms with E-state index in [-0.39, 0.29) is 0 Å². The summed E-state index contributed by atoms with van der Waals surface area (Å²) in [4.78, 5) is 2.81. The SMILES string of the molecule is CC(C)[C@H]1CC[C@@H](N2CCC(n3cc(CCCNC(N)=S)c4ccccc43)CC2)CC1. The smallest absolute Gasteiger partial charge is 0.163 e. The van der Waals surface area contributed by atoms with Crippen molar-refractivity contribution in [3.63, 3.8) is 0 Å². The van der Waals surface area contributed by atoms with Crippen molar-refractivity contribution in [3.8, 4) is 0 Å². The highest BCUT2D eigenvalue weighted by Crippen LogP contribution is 2.36. The number of likely N-dealkylation sites (tertiary alicyclic amines) is 1. The summed E-state index contributed by atoms with van der Waals surface area (Å²) >= 11 is 4.92. The molecule has 1 saturated heterocycles. The molecular formula is C26H40N4S. The molecule has 4 rings (SSSR count). The van der Waals surface area contributed by atoms with E-state index in [4.69, 9.17) is 18.0 Å². The predicted octanol–water partition coefficient (Wildman–Crippen LogP) is 5.26. The van der Waals surface area contributed by atoms with Crippen molar-refractivity contribution in [2.75, 3.05) is 19.6 Å². The molecule has 2 heterocycles. The summed E-state index contributed by atoms with van der Waals surface area (Å²) in [5.41, 5.74) is 8.41. The first-order valence-electron chi connectivity index (χ1n) is 12.4. The van der Waals surface area contributed by atoms with E-state index in [0.29, 0.717) is 11.2 Å². The van der Waals surface area contributed by atoms with E-state index in [0.717, 1.165) is 37.3 Å². The Labute approximate surface area is 193 Å². The second kappa shape index (κ2) is 10.4. The number of thiocarbonyl (C=S) groups is 1. The van der Waals surface area contributed by atoms with Crippen LogP contribution in [-0.4, -0.2) is 40.3 Å². The number of benzene rings is 1. The lowest BCUT2D eigenvalue weighted by atomic mass is 9.79. The standard InChI is InChI=1S/C26H40N4S/c1-19(2)20-9-11-22(12-10-20)29-16-13-23(14-17-29)30-18-21(6-5-15-28-26(27)31)24-7-3-4-8-25(24)30/h3-4,7-8,18-20,22-23H,5-6,9-17H2,1-2H3,(H3,27,28,31)/t20-,22+. The number of aryl methyl sites for hydroxylation is 1. The number of nitrogens with one attached hydrogen (secondary N) is 1. The van der Waals surface area contributed by atoms with Crippen molar-refractivity contribution in [3.05, 3.63) is 36.0 Å². The van der Waals surface area contributed by atoms with Crippen LogP contribution in [0.25, 0.3) is 10.9 Å². The molecule has 31 heavy (non-hydrogen) atoms. The molecule has 0 radical (unpaired) electrons.